The molecule has 1 heterocycles. The molecule has 228 valence electrons. The lowest BCUT2D eigenvalue weighted by Gasteiger charge is -2.41. The second kappa shape index (κ2) is 15.2. The predicted octanol–water partition coefficient (Wildman–Crippen LogP) is 6.91. The van der Waals surface area contributed by atoms with E-state index in [0.29, 0.717) is 6.54 Å². The molecule has 5 rings (SSSR count). The fraction of sp³-hybridized carbons (Fsp3) is 0.278. The van der Waals surface area contributed by atoms with Crippen LogP contribution in [-0.2, 0) is 32.2 Å². The zero-order valence-corrected chi connectivity index (χ0v) is 25.4. The highest BCUT2D eigenvalue weighted by Gasteiger charge is 2.38. The summed E-state index contributed by atoms with van der Waals surface area (Å²) in [5.74, 6) is -0.417. The van der Waals surface area contributed by atoms with E-state index in [1.54, 1.807) is 11.8 Å². The third kappa shape index (κ3) is 8.36. The summed E-state index contributed by atoms with van der Waals surface area (Å²) in [4.78, 5) is 24.0. The van der Waals surface area contributed by atoms with Gasteiger partial charge in [-0.1, -0.05) is 85.8 Å². The van der Waals surface area contributed by atoms with Crippen LogP contribution in [0, 0.1) is 5.92 Å². The highest BCUT2D eigenvalue weighted by Crippen LogP contribution is 2.43. The van der Waals surface area contributed by atoms with Gasteiger partial charge < -0.3 is 25.0 Å². The van der Waals surface area contributed by atoms with Gasteiger partial charge >= 0.3 is 5.97 Å². The summed E-state index contributed by atoms with van der Waals surface area (Å²) in [7, 11) is 0. The number of benzene rings is 4. The summed E-state index contributed by atoms with van der Waals surface area (Å²) < 4.78 is 13.3. The molecule has 4 unspecified atom stereocenters. The van der Waals surface area contributed by atoms with Crippen molar-refractivity contribution in [2.24, 2.45) is 5.92 Å². The fourth-order valence-corrected chi connectivity index (χ4v) is 6.33. The normalized spacial score (nSPS) is 19.8. The molecule has 0 spiro atoms. The molecular formula is C36H37NO6S. The van der Waals surface area contributed by atoms with Gasteiger partial charge in [0.2, 0.25) is 5.91 Å². The number of carbonyl (C=O) groups excluding carboxylic acids is 1. The van der Waals surface area contributed by atoms with Crippen LogP contribution in [0.15, 0.2) is 108 Å². The van der Waals surface area contributed by atoms with Gasteiger partial charge in [0.05, 0.1) is 25.2 Å². The Morgan fingerprint density at radius 1 is 0.795 bits per heavy atom. The number of ether oxygens (including phenoxy) is 2. The van der Waals surface area contributed by atoms with Crippen LogP contribution in [-0.4, -0.2) is 33.9 Å². The van der Waals surface area contributed by atoms with Crippen molar-refractivity contribution < 1.29 is 29.3 Å². The first-order valence-electron chi connectivity index (χ1n) is 14.8. The Hall–Kier alpha value is -3.95. The SMILES string of the molecule is CC1C(CSc2ccccc2)OC(c2cccc(-c3cccc(CNC(=O)CCC(=O)O)c3)c2)OC1c1ccc(CO)cc1. The second-order valence-electron chi connectivity index (χ2n) is 10.9. The van der Waals surface area contributed by atoms with E-state index in [4.69, 9.17) is 14.6 Å². The molecule has 1 fully saturated rings. The third-order valence-corrected chi connectivity index (χ3v) is 8.86. The zero-order valence-electron chi connectivity index (χ0n) is 24.6. The molecule has 8 heteroatoms. The summed E-state index contributed by atoms with van der Waals surface area (Å²) in [6, 6.07) is 34.3. The van der Waals surface area contributed by atoms with Crippen molar-refractivity contribution in [1.82, 2.24) is 5.32 Å². The summed E-state index contributed by atoms with van der Waals surface area (Å²) in [5.41, 5.74) is 5.71. The minimum atomic E-state index is -0.991. The van der Waals surface area contributed by atoms with Gasteiger partial charge in [0.15, 0.2) is 6.29 Å². The average Bonchev–Trinajstić information content (AvgIpc) is 3.06. The molecule has 4 atom stereocenters. The molecule has 4 aromatic carbocycles. The summed E-state index contributed by atoms with van der Waals surface area (Å²) >= 11 is 1.77. The van der Waals surface area contributed by atoms with Crippen LogP contribution in [0.25, 0.3) is 11.1 Å². The Kier molecular flexibility index (Phi) is 10.9. The first kappa shape index (κ1) is 31.5. The van der Waals surface area contributed by atoms with Crippen molar-refractivity contribution in [2.75, 3.05) is 5.75 Å². The minimum Gasteiger partial charge on any atom is -0.481 e. The maximum Gasteiger partial charge on any atom is 0.303 e. The van der Waals surface area contributed by atoms with Gasteiger partial charge in [-0.15, -0.1) is 11.8 Å². The molecule has 0 radical (unpaired) electrons. The first-order valence-corrected chi connectivity index (χ1v) is 15.7. The number of amides is 1. The number of hydrogen-bond acceptors (Lipinski definition) is 6. The Balaban J connectivity index is 1.35. The number of rotatable bonds is 12. The second-order valence-corrected chi connectivity index (χ2v) is 12.0. The Morgan fingerprint density at radius 3 is 2.25 bits per heavy atom. The highest BCUT2D eigenvalue weighted by molar-refractivity contribution is 7.99. The van der Waals surface area contributed by atoms with E-state index in [-0.39, 0.29) is 43.5 Å². The summed E-state index contributed by atoms with van der Waals surface area (Å²) in [6.07, 6.45) is -1.08. The molecule has 1 amide bonds. The van der Waals surface area contributed by atoms with Crippen molar-refractivity contribution in [3.8, 4) is 11.1 Å². The molecule has 4 aromatic rings. The van der Waals surface area contributed by atoms with Crippen molar-refractivity contribution >= 4 is 23.6 Å². The van der Waals surface area contributed by atoms with Crippen LogP contribution in [0.1, 0.15) is 54.4 Å². The highest BCUT2D eigenvalue weighted by atomic mass is 32.2. The van der Waals surface area contributed by atoms with Gasteiger partial charge in [0, 0.05) is 35.1 Å². The van der Waals surface area contributed by atoms with Gasteiger partial charge in [-0.25, -0.2) is 0 Å². The number of hydrogen-bond donors (Lipinski definition) is 3. The van der Waals surface area contributed by atoms with Crippen LogP contribution >= 0.6 is 11.8 Å². The van der Waals surface area contributed by atoms with Crippen LogP contribution in [0.3, 0.4) is 0 Å². The van der Waals surface area contributed by atoms with E-state index in [9.17, 15) is 14.7 Å². The van der Waals surface area contributed by atoms with Crippen molar-refractivity contribution in [2.45, 2.75) is 56.3 Å². The molecule has 0 aliphatic carbocycles. The molecule has 1 aliphatic heterocycles. The number of thioether (sulfide) groups is 1. The minimum absolute atomic E-state index is 0.00544. The molecule has 0 aromatic heterocycles. The lowest BCUT2D eigenvalue weighted by molar-refractivity contribution is -0.268. The van der Waals surface area contributed by atoms with E-state index in [1.807, 2.05) is 84.9 Å². The average molecular weight is 612 g/mol. The fourth-order valence-electron chi connectivity index (χ4n) is 5.24. The standard InChI is InChI=1S/C36H37NO6S/c1-24-32(23-44-31-11-3-2-4-12-31)42-36(43-35(24)27-15-13-25(22-38)14-16-27)30-10-6-9-29(20-30)28-8-5-7-26(19-28)21-37-33(39)17-18-34(40)41/h2-16,19-20,24,32,35-36,38H,17-18,21-23H2,1H3,(H,37,39)(H,40,41). The molecule has 0 saturated carbocycles. The molecule has 0 bridgehead atoms. The van der Waals surface area contributed by atoms with Gasteiger partial charge in [0.1, 0.15) is 0 Å². The molecular weight excluding hydrogens is 574 g/mol. The molecule has 3 N–H and O–H groups in total. The number of carboxylic acid groups (broad SMARTS) is 1. The summed E-state index contributed by atoms with van der Waals surface area (Å²) in [5, 5.41) is 21.2. The van der Waals surface area contributed by atoms with Crippen LogP contribution < -0.4 is 5.32 Å². The van der Waals surface area contributed by atoms with Gasteiger partial charge in [-0.2, -0.15) is 0 Å². The first-order chi connectivity index (χ1) is 21.4. The molecule has 1 aliphatic rings. The van der Waals surface area contributed by atoms with E-state index >= 15 is 0 Å². The number of carboxylic acids is 1. The van der Waals surface area contributed by atoms with E-state index in [1.165, 1.54) is 4.90 Å². The summed E-state index contributed by atoms with van der Waals surface area (Å²) in [6.45, 7) is 2.48. The predicted molar refractivity (Wildman–Crippen MR) is 171 cm³/mol. The largest absolute Gasteiger partial charge is 0.481 e. The number of nitrogens with one attached hydrogen (secondary N) is 1. The van der Waals surface area contributed by atoms with E-state index in [2.05, 4.69) is 30.4 Å². The Bertz CT molecular complexity index is 1540. The van der Waals surface area contributed by atoms with Crippen LogP contribution in [0.4, 0.5) is 0 Å². The zero-order chi connectivity index (χ0) is 30.9. The molecule has 1 saturated heterocycles. The van der Waals surface area contributed by atoms with Crippen molar-refractivity contribution in [1.29, 1.82) is 0 Å². The number of aliphatic hydroxyl groups is 1. The lowest BCUT2D eigenvalue weighted by Crippen LogP contribution is -2.38. The van der Waals surface area contributed by atoms with Crippen molar-refractivity contribution in [3.63, 3.8) is 0 Å². The quantitative estimate of drug-likeness (QED) is 0.150. The number of carbonyl (C=O) groups is 2. The maximum absolute atomic E-state index is 12.0. The smallest absolute Gasteiger partial charge is 0.303 e. The number of aliphatic hydroxyl groups excluding tert-OH is 1. The monoisotopic (exact) mass is 611 g/mol. The molecule has 7 nitrogen and oxygen atoms in total. The Labute approximate surface area is 262 Å². The third-order valence-electron chi connectivity index (χ3n) is 7.76. The number of aliphatic carboxylic acids is 1. The Morgan fingerprint density at radius 2 is 1.52 bits per heavy atom. The molecule has 44 heavy (non-hydrogen) atoms. The van der Waals surface area contributed by atoms with Crippen LogP contribution in [0.5, 0.6) is 0 Å². The maximum atomic E-state index is 12.0. The van der Waals surface area contributed by atoms with Gasteiger partial charge in [-0.3, -0.25) is 9.59 Å². The van der Waals surface area contributed by atoms with Crippen LogP contribution in [0.2, 0.25) is 0 Å². The van der Waals surface area contributed by atoms with Crippen molar-refractivity contribution in [3.05, 3.63) is 125 Å². The van der Waals surface area contributed by atoms with E-state index < -0.39 is 12.3 Å². The lowest BCUT2D eigenvalue weighted by atomic mass is 9.91. The topological polar surface area (TPSA) is 105 Å². The van der Waals surface area contributed by atoms with E-state index in [0.717, 1.165) is 39.1 Å². The van der Waals surface area contributed by atoms with Gasteiger partial charge in [-0.05, 0) is 52.1 Å². The van der Waals surface area contributed by atoms with Gasteiger partial charge in [0.25, 0.3) is 0 Å².